The molecule has 25 heavy (non-hydrogen) atoms. The van der Waals surface area contributed by atoms with Crippen LogP contribution in [0.15, 0.2) is 29.3 Å². The van der Waals surface area contributed by atoms with Gasteiger partial charge >= 0.3 is 0 Å². The topological polar surface area (TPSA) is 43.1 Å². The molecule has 2 atom stereocenters. The van der Waals surface area contributed by atoms with E-state index in [4.69, 9.17) is 4.99 Å². The predicted molar refractivity (Wildman–Crippen MR) is 107 cm³/mol. The van der Waals surface area contributed by atoms with Crippen LogP contribution in [0.25, 0.3) is 5.00 Å². The van der Waals surface area contributed by atoms with Crippen LogP contribution in [0, 0.1) is 20.8 Å². The number of rotatable bonds is 2. The zero-order valence-electron chi connectivity index (χ0n) is 14.9. The first-order chi connectivity index (χ1) is 12.0. The lowest BCUT2D eigenvalue weighted by molar-refractivity contribution is 0.724. The molecule has 0 aliphatic carbocycles. The largest absolute Gasteiger partial charge is 0.273 e. The second-order valence-electron chi connectivity index (χ2n) is 6.46. The lowest BCUT2D eigenvalue weighted by Crippen LogP contribution is -2.07. The quantitative estimate of drug-likeness (QED) is 0.623. The minimum absolute atomic E-state index is 0.0306. The summed E-state index contributed by atoms with van der Waals surface area (Å²) in [5, 5.41) is 9.88. The van der Waals surface area contributed by atoms with Gasteiger partial charge in [0, 0.05) is 16.0 Å². The summed E-state index contributed by atoms with van der Waals surface area (Å²) in [6.07, 6.45) is 0.964. The van der Waals surface area contributed by atoms with Gasteiger partial charge in [-0.15, -0.1) is 30.8 Å². The molecule has 1 aromatic carbocycles. The van der Waals surface area contributed by atoms with Gasteiger partial charge < -0.3 is 0 Å². The zero-order chi connectivity index (χ0) is 17.7. The van der Waals surface area contributed by atoms with Gasteiger partial charge in [0.2, 0.25) is 0 Å². The molecule has 4 rings (SSSR count). The number of thiophene rings is 1. The highest BCUT2D eigenvalue weighted by atomic mass is 32.1. The van der Waals surface area contributed by atoms with Gasteiger partial charge in [0.05, 0.1) is 5.71 Å². The Labute approximate surface area is 154 Å². The monoisotopic (exact) mass is 368 g/mol. The average molecular weight is 368 g/mol. The molecule has 2 aromatic heterocycles. The van der Waals surface area contributed by atoms with Gasteiger partial charge in [0.25, 0.3) is 0 Å². The Bertz CT molecular complexity index is 982. The van der Waals surface area contributed by atoms with E-state index in [0.29, 0.717) is 0 Å². The standard InChI is InChI=1S/C19H21N4PS/c1-10-12(3)25-19-16(10)17(15-7-5-14(9-24)6-8-15)20-11(2)18-22-21-13(4)23(18)19/h5-8,11H,9,24H2,1-4H3. The number of aryl methyl sites for hydroxylation is 2. The van der Waals surface area contributed by atoms with Crippen molar-refractivity contribution in [2.45, 2.75) is 39.9 Å². The molecule has 4 nitrogen and oxygen atoms in total. The second-order valence-corrected chi connectivity index (χ2v) is 8.07. The van der Waals surface area contributed by atoms with E-state index in [9.17, 15) is 0 Å². The Hall–Kier alpha value is -1.84. The van der Waals surface area contributed by atoms with Gasteiger partial charge in [0.1, 0.15) is 16.9 Å². The fourth-order valence-corrected chi connectivity index (χ4v) is 4.77. The number of aromatic nitrogens is 3. The molecule has 0 fully saturated rings. The summed E-state index contributed by atoms with van der Waals surface area (Å²) in [6.45, 7) is 8.46. The van der Waals surface area contributed by atoms with Crippen molar-refractivity contribution in [2.75, 3.05) is 0 Å². The van der Waals surface area contributed by atoms with Crippen LogP contribution in [-0.2, 0) is 6.16 Å². The van der Waals surface area contributed by atoms with Crippen LogP contribution >= 0.6 is 20.6 Å². The third kappa shape index (κ3) is 2.57. The molecule has 0 bridgehead atoms. The van der Waals surface area contributed by atoms with Crippen molar-refractivity contribution >= 4 is 26.3 Å². The van der Waals surface area contributed by atoms with Crippen LogP contribution in [0.1, 0.15) is 51.7 Å². The molecule has 6 heteroatoms. The van der Waals surface area contributed by atoms with Crippen molar-refractivity contribution in [2.24, 2.45) is 4.99 Å². The van der Waals surface area contributed by atoms with Crippen molar-refractivity contribution in [3.05, 3.63) is 63.0 Å². The summed E-state index contributed by atoms with van der Waals surface area (Å²) in [7, 11) is 2.77. The Balaban J connectivity index is 1.99. The fraction of sp³-hybridized carbons (Fsp3) is 0.316. The highest BCUT2D eigenvalue weighted by molar-refractivity contribution is 7.15. The molecule has 3 aromatic rings. The van der Waals surface area contributed by atoms with Gasteiger partial charge in [-0.25, -0.2) is 0 Å². The third-order valence-corrected chi connectivity index (χ3v) is 6.48. The Morgan fingerprint density at radius 2 is 1.84 bits per heavy atom. The van der Waals surface area contributed by atoms with Crippen LogP contribution in [0.4, 0.5) is 0 Å². The third-order valence-electron chi connectivity index (χ3n) is 4.82. The van der Waals surface area contributed by atoms with Gasteiger partial charge in [-0.3, -0.25) is 9.56 Å². The van der Waals surface area contributed by atoms with E-state index in [0.717, 1.165) is 29.1 Å². The fourth-order valence-electron chi connectivity index (χ4n) is 3.28. The first kappa shape index (κ1) is 16.6. The van der Waals surface area contributed by atoms with Gasteiger partial charge in [0.15, 0.2) is 5.82 Å². The van der Waals surface area contributed by atoms with Gasteiger partial charge in [-0.05, 0) is 45.0 Å². The van der Waals surface area contributed by atoms with E-state index in [1.807, 2.05) is 6.92 Å². The second kappa shape index (κ2) is 6.15. The molecule has 1 aliphatic rings. The summed E-state index contributed by atoms with van der Waals surface area (Å²) >= 11 is 1.80. The minimum Gasteiger partial charge on any atom is -0.273 e. The van der Waals surface area contributed by atoms with E-state index < -0.39 is 0 Å². The lowest BCUT2D eigenvalue weighted by Gasteiger charge is -2.10. The van der Waals surface area contributed by atoms with Crippen LogP contribution in [-0.4, -0.2) is 20.5 Å². The maximum Gasteiger partial charge on any atom is 0.162 e. The number of hydrogen-bond donors (Lipinski definition) is 0. The molecule has 3 heterocycles. The van der Waals surface area contributed by atoms with Crippen molar-refractivity contribution in [3.8, 4) is 5.00 Å². The average Bonchev–Trinajstić information content (AvgIpc) is 3.09. The zero-order valence-corrected chi connectivity index (χ0v) is 16.8. The van der Waals surface area contributed by atoms with Crippen LogP contribution in [0.2, 0.25) is 0 Å². The summed E-state index contributed by atoms with van der Waals surface area (Å²) in [6, 6.07) is 8.69. The van der Waals surface area contributed by atoms with E-state index in [1.165, 1.54) is 26.6 Å². The molecule has 0 N–H and O–H groups in total. The maximum absolute atomic E-state index is 5.07. The highest BCUT2D eigenvalue weighted by Crippen LogP contribution is 2.38. The highest BCUT2D eigenvalue weighted by Gasteiger charge is 2.29. The number of aliphatic imine (C=N–C) groups is 1. The predicted octanol–water partition coefficient (Wildman–Crippen LogP) is 4.54. The maximum atomic E-state index is 5.07. The molecule has 0 saturated carbocycles. The Kier molecular flexibility index (Phi) is 4.09. The number of fused-ring (bicyclic) bond motifs is 3. The van der Waals surface area contributed by atoms with Gasteiger partial charge in [-0.2, -0.15) is 0 Å². The molecule has 128 valence electrons. The number of hydrogen-bond acceptors (Lipinski definition) is 4. The SMILES string of the molecule is Cc1sc2c(c1C)C(c1ccc(CP)cc1)=NC(C)c1nnc(C)n1-2. The first-order valence-electron chi connectivity index (χ1n) is 8.41. The van der Waals surface area contributed by atoms with E-state index in [2.05, 4.69) is 69.0 Å². The summed E-state index contributed by atoms with van der Waals surface area (Å²) in [5.41, 5.74) is 6.04. The van der Waals surface area contributed by atoms with Crippen LogP contribution in [0.3, 0.4) is 0 Å². The van der Waals surface area contributed by atoms with Crippen LogP contribution < -0.4 is 0 Å². The Morgan fingerprint density at radius 1 is 1.12 bits per heavy atom. The minimum atomic E-state index is -0.0306. The lowest BCUT2D eigenvalue weighted by atomic mass is 9.99. The molecule has 0 spiro atoms. The molecular formula is C19H21N4PS. The Morgan fingerprint density at radius 3 is 2.52 bits per heavy atom. The molecule has 0 amide bonds. The normalized spacial score (nSPS) is 16.2. The molecular weight excluding hydrogens is 347 g/mol. The van der Waals surface area contributed by atoms with Crippen molar-refractivity contribution in [1.29, 1.82) is 0 Å². The smallest absolute Gasteiger partial charge is 0.162 e. The molecule has 2 unspecified atom stereocenters. The summed E-state index contributed by atoms with van der Waals surface area (Å²) in [5.74, 6) is 1.83. The molecule has 0 saturated heterocycles. The van der Waals surface area contributed by atoms with Crippen molar-refractivity contribution in [3.63, 3.8) is 0 Å². The van der Waals surface area contributed by atoms with Crippen LogP contribution in [0.5, 0.6) is 0 Å². The summed E-state index contributed by atoms with van der Waals surface area (Å²) in [4.78, 5) is 6.38. The van der Waals surface area contributed by atoms with E-state index in [1.54, 1.807) is 11.3 Å². The number of nitrogens with zero attached hydrogens (tertiary/aromatic N) is 4. The van der Waals surface area contributed by atoms with Crippen molar-refractivity contribution < 1.29 is 0 Å². The first-order valence-corrected chi connectivity index (χ1v) is 10.0. The molecule has 0 radical (unpaired) electrons. The van der Waals surface area contributed by atoms with E-state index in [-0.39, 0.29) is 6.04 Å². The molecule has 1 aliphatic heterocycles. The summed E-state index contributed by atoms with van der Waals surface area (Å²) < 4.78 is 2.18. The van der Waals surface area contributed by atoms with E-state index >= 15 is 0 Å². The van der Waals surface area contributed by atoms with Crippen molar-refractivity contribution in [1.82, 2.24) is 14.8 Å². The van der Waals surface area contributed by atoms with Gasteiger partial charge in [-0.1, -0.05) is 24.3 Å². The number of benzene rings is 1.